The molecule has 6 heteroatoms. The number of hydrogen-bond donors (Lipinski definition) is 1. The number of nitrogens with one attached hydrogen (secondary N) is 1. The number of pyridine rings is 2. The first-order valence-corrected chi connectivity index (χ1v) is 8.25. The molecule has 2 aromatic rings. The van der Waals surface area contributed by atoms with E-state index in [2.05, 4.69) is 32.2 Å². The lowest BCUT2D eigenvalue weighted by atomic mass is 10.0. The molecular formula is C18H25N5O. The summed E-state index contributed by atoms with van der Waals surface area (Å²) in [6, 6.07) is 4.34. The Bertz CT molecular complexity index is 711. The Morgan fingerprint density at radius 2 is 1.88 bits per heavy atom. The summed E-state index contributed by atoms with van der Waals surface area (Å²) in [4.78, 5) is 13.6. The number of anilines is 3. The Hall–Kier alpha value is -2.34. The fraction of sp³-hybridized carbons (Fsp3) is 0.444. The topological polar surface area (TPSA) is 53.5 Å². The van der Waals surface area contributed by atoms with Crippen molar-refractivity contribution in [1.29, 1.82) is 0 Å². The van der Waals surface area contributed by atoms with Crippen LogP contribution in [0.3, 0.4) is 0 Å². The number of rotatable bonds is 4. The summed E-state index contributed by atoms with van der Waals surface area (Å²) in [5, 5.41) is 3.15. The van der Waals surface area contributed by atoms with Gasteiger partial charge in [0.15, 0.2) is 5.82 Å². The third kappa shape index (κ3) is 3.28. The maximum Gasteiger partial charge on any atom is 0.151 e. The van der Waals surface area contributed by atoms with Crippen LogP contribution in [0.1, 0.15) is 5.69 Å². The van der Waals surface area contributed by atoms with Crippen molar-refractivity contribution in [3.63, 3.8) is 0 Å². The smallest absolute Gasteiger partial charge is 0.151 e. The van der Waals surface area contributed by atoms with E-state index in [-0.39, 0.29) is 0 Å². The van der Waals surface area contributed by atoms with Crippen molar-refractivity contribution in [2.24, 2.45) is 0 Å². The van der Waals surface area contributed by atoms with Crippen LogP contribution in [-0.4, -0.2) is 57.4 Å². The standard InChI is InChI=1S/C18H25N5O/c1-13-16(10-15(19-2)12-20-13)14-9-17(18(21-11-14)22(3)4)23-5-7-24-8-6-23/h9-12,19H,5-8H2,1-4H3. The third-order valence-corrected chi connectivity index (χ3v) is 4.31. The summed E-state index contributed by atoms with van der Waals surface area (Å²) in [7, 11) is 5.96. The first kappa shape index (κ1) is 16.5. The fourth-order valence-electron chi connectivity index (χ4n) is 2.94. The number of aryl methyl sites for hydroxylation is 1. The Kier molecular flexibility index (Phi) is 4.85. The molecule has 1 saturated heterocycles. The molecule has 1 aliphatic rings. The molecule has 3 heterocycles. The van der Waals surface area contributed by atoms with Gasteiger partial charge in [0.1, 0.15) is 0 Å². The highest BCUT2D eigenvalue weighted by molar-refractivity contribution is 5.77. The highest BCUT2D eigenvalue weighted by atomic mass is 16.5. The Balaban J connectivity index is 2.06. The molecule has 0 aliphatic carbocycles. The van der Waals surface area contributed by atoms with E-state index in [0.29, 0.717) is 0 Å². The molecule has 1 fully saturated rings. The highest BCUT2D eigenvalue weighted by Gasteiger charge is 2.18. The molecule has 0 saturated carbocycles. The Morgan fingerprint density at radius 3 is 2.54 bits per heavy atom. The van der Waals surface area contributed by atoms with Crippen LogP contribution in [0.15, 0.2) is 24.5 Å². The van der Waals surface area contributed by atoms with Gasteiger partial charge in [-0.1, -0.05) is 0 Å². The third-order valence-electron chi connectivity index (χ3n) is 4.31. The van der Waals surface area contributed by atoms with Gasteiger partial charge in [0, 0.05) is 57.3 Å². The van der Waals surface area contributed by atoms with Crippen LogP contribution in [0.2, 0.25) is 0 Å². The van der Waals surface area contributed by atoms with Gasteiger partial charge in [-0.3, -0.25) is 4.98 Å². The summed E-state index contributed by atoms with van der Waals surface area (Å²) < 4.78 is 5.49. The number of hydrogen-bond acceptors (Lipinski definition) is 6. The van der Waals surface area contributed by atoms with Crippen LogP contribution >= 0.6 is 0 Å². The molecule has 0 bridgehead atoms. The largest absolute Gasteiger partial charge is 0.387 e. The molecule has 2 aromatic heterocycles. The zero-order chi connectivity index (χ0) is 17.1. The van der Waals surface area contributed by atoms with Crippen molar-refractivity contribution in [1.82, 2.24) is 9.97 Å². The lowest BCUT2D eigenvalue weighted by Gasteiger charge is -2.31. The van der Waals surface area contributed by atoms with E-state index >= 15 is 0 Å². The second-order valence-electron chi connectivity index (χ2n) is 6.17. The van der Waals surface area contributed by atoms with Crippen molar-refractivity contribution in [2.75, 3.05) is 62.6 Å². The first-order chi connectivity index (χ1) is 11.6. The van der Waals surface area contributed by atoms with Crippen LogP contribution in [0.4, 0.5) is 17.2 Å². The quantitative estimate of drug-likeness (QED) is 0.931. The van der Waals surface area contributed by atoms with Gasteiger partial charge in [-0.2, -0.15) is 0 Å². The van der Waals surface area contributed by atoms with Crippen LogP contribution in [0, 0.1) is 6.92 Å². The molecule has 3 rings (SSSR count). The number of nitrogens with zero attached hydrogens (tertiary/aromatic N) is 4. The minimum Gasteiger partial charge on any atom is -0.387 e. The Morgan fingerprint density at radius 1 is 1.12 bits per heavy atom. The second kappa shape index (κ2) is 7.05. The van der Waals surface area contributed by atoms with E-state index in [0.717, 1.165) is 60.3 Å². The maximum absolute atomic E-state index is 5.49. The predicted molar refractivity (Wildman–Crippen MR) is 99.1 cm³/mol. The van der Waals surface area contributed by atoms with Crippen molar-refractivity contribution in [2.45, 2.75) is 6.92 Å². The highest BCUT2D eigenvalue weighted by Crippen LogP contribution is 2.33. The predicted octanol–water partition coefficient (Wildman–Crippen LogP) is 2.40. The molecule has 0 unspecified atom stereocenters. The number of ether oxygens (including phenoxy) is 1. The van der Waals surface area contributed by atoms with Crippen LogP contribution in [0.5, 0.6) is 0 Å². The summed E-state index contributed by atoms with van der Waals surface area (Å²) in [6.07, 6.45) is 3.78. The van der Waals surface area contributed by atoms with Gasteiger partial charge in [-0.05, 0) is 19.1 Å². The SMILES string of the molecule is CNc1cnc(C)c(-c2cnc(N(C)C)c(N3CCOCC3)c2)c1. The minimum absolute atomic E-state index is 0.757. The lowest BCUT2D eigenvalue weighted by Crippen LogP contribution is -2.37. The van der Waals surface area contributed by atoms with Crippen molar-refractivity contribution in [3.05, 3.63) is 30.2 Å². The van der Waals surface area contributed by atoms with Crippen LogP contribution < -0.4 is 15.1 Å². The molecule has 1 aliphatic heterocycles. The fourth-order valence-corrected chi connectivity index (χ4v) is 2.94. The zero-order valence-corrected chi connectivity index (χ0v) is 14.8. The van der Waals surface area contributed by atoms with E-state index in [1.54, 1.807) is 0 Å². The van der Waals surface area contributed by atoms with Crippen molar-refractivity contribution in [3.8, 4) is 11.1 Å². The first-order valence-electron chi connectivity index (χ1n) is 8.25. The molecule has 0 aromatic carbocycles. The van der Waals surface area contributed by atoms with Crippen molar-refractivity contribution < 1.29 is 4.74 Å². The molecule has 1 N–H and O–H groups in total. The normalized spacial score (nSPS) is 14.6. The zero-order valence-electron chi connectivity index (χ0n) is 14.8. The number of aromatic nitrogens is 2. The summed E-state index contributed by atoms with van der Waals surface area (Å²) >= 11 is 0. The maximum atomic E-state index is 5.49. The van der Waals surface area contributed by atoms with Gasteiger partial charge in [0.2, 0.25) is 0 Å². The average Bonchev–Trinajstić information content (AvgIpc) is 2.62. The average molecular weight is 327 g/mol. The van der Waals surface area contributed by atoms with E-state index < -0.39 is 0 Å². The summed E-state index contributed by atoms with van der Waals surface area (Å²) in [5.74, 6) is 0.982. The van der Waals surface area contributed by atoms with Crippen LogP contribution in [0.25, 0.3) is 11.1 Å². The summed E-state index contributed by atoms with van der Waals surface area (Å²) in [6.45, 7) is 5.32. The van der Waals surface area contributed by atoms with Gasteiger partial charge in [0.25, 0.3) is 0 Å². The molecule has 6 nitrogen and oxygen atoms in total. The minimum atomic E-state index is 0.757. The molecular weight excluding hydrogens is 302 g/mol. The second-order valence-corrected chi connectivity index (χ2v) is 6.17. The lowest BCUT2D eigenvalue weighted by molar-refractivity contribution is 0.122. The monoisotopic (exact) mass is 327 g/mol. The van der Waals surface area contributed by atoms with Gasteiger partial charge in [0.05, 0.1) is 30.8 Å². The van der Waals surface area contributed by atoms with E-state index in [9.17, 15) is 0 Å². The molecule has 0 radical (unpaired) electrons. The molecule has 24 heavy (non-hydrogen) atoms. The Labute approximate surface area is 143 Å². The number of morpholine rings is 1. The molecule has 128 valence electrons. The van der Waals surface area contributed by atoms with Crippen molar-refractivity contribution >= 4 is 17.2 Å². The molecule has 0 atom stereocenters. The van der Waals surface area contributed by atoms with Gasteiger partial charge >= 0.3 is 0 Å². The van der Waals surface area contributed by atoms with Crippen LogP contribution in [-0.2, 0) is 4.74 Å². The van der Waals surface area contributed by atoms with Gasteiger partial charge in [-0.25, -0.2) is 4.98 Å². The van der Waals surface area contributed by atoms with Gasteiger partial charge in [-0.15, -0.1) is 0 Å². The molecule has 0 amide bonds. The van der Waals surface area contributed by atoms with E-state index in [1.165, 1.54) is 0 Å². The van der Waals surface area contributed by atoms with E-state index in [4.69, 9.17) is 9.72 Å². The summed E-state index contributed by atoms with van der Waals surface area (Å²) in [5.41, 5.74) is 5.34. The van der Waals surface area contributed by atoms with Gasteiger partial charge < -0.3 is 19.9 Å². The molecule has 0 spiro atoms. The van der Waals surface area contributed by atoms with E-state index in [1.807, 2.05) is 40.5 Å².